The van der Waals surface area contributed by atoms with Crippen molar-refractivity contribution < 1.29 is 17.9 Å². The van der Waals surface area contributed by atoms with E-state index in [1.807, 2.05) is 109 Å². The van der Waals surface area contributed by atoms with Crippen LogP contribution in [-0.2, 0) is 19.6 Å². The van der Waals surface area contributed by atoms with Gasteiger partial charge in [0.1, 0.15) is 5.29 Å². The van der Waals surface area contributed by atoms with E-state index in [2.05, 4.69) is 9.71 Å². The molecular weight excluding hydrogens is 575 g/mol. The van der Waals surface area contributed by atoms with Crippen molar-refractivity contribution in [2.24, 2.45) is 4.40 Å². The summed E-state index contributed by atoms with van der Waals surface area (Å²) >= 11 is 0. The van der Waals surface area contributed by atoms with Crippen LogP contribution in [0.25, 0.3) is 0 Å². The van der Waals surface area contributed by atoms with Crippen molar-refractivity contribution >= 4 is 55.6 Å². The number of nitrogens with one attached hydrogen (secondary N) is 1. The quantitative estimate of drug-likeness (QED) is 0.102. The number of anilines is 1. The van der Waals surface area contributed by atoms with Gasteiger partial charge in [0.15, 0.2) is 5.84 Å². The summed E-state index contributed by atoms with van der Waals surface area (Å²) in [4.78, 5) is 14.4. The Bertz CT molecular complexity index is 1760. The lowest BCUT2D eigenvalue weighted by Gasteiger charge is -2.32. The molecule has 43 heavy (non-hydrogen) atoms. The third-order valence-electron chi connectivity index (χ3n) is 6.75. The SMILES string of the molecule is CCOC(=O)C(/C(=N/S(=O)(=O)c1ccccc1)Nc1ccccc1)=P(c1ccccc1)(c1ccccc1)c1ccccc1. The number of hydrogen-bond acceptors (Lipinski definition) is 4. The van der Waals surface area contributed by atoms with Crippen LogP contribution in [0.1, 0.15) is 6.92 Å². The first kappa shape index (κ1) is 29.8. The Balaban J connectivity index is 2.02. The van der Waals surface area contributed by atoms with Crippen LogP contribution in [0, 0.1) is 0 Å². The number of ether oxygens (including phenoxy) is 1. The molecule has 1 N–H and O–H groups in total. The summed E-state index contributed by atoms with van der Waals surface area (Å²) < 4.78 is 37.9. The molecule has 0 aromatic heterocycles. The van der Waals surface area contributed by atoms with Gasteiger partial charge in [0, 0.05) is 5.69 Å². The Morgan fingerprint density at radius 1 is 0.651 bits per heavy atom. The van der Waals surface area contributed by atoms with E-state index in [0.717, 1.165) is 15.9 Å². The highest BCUT2D eigenvalue weighted by Crippen LogP contribution is 2.47. The molecule has 5 rings (SSSR count). The summed E-state index contributed by atoms with van der Waals surface area (Å²) in [6, 6.07) is 46.1. The fraction of sp³-hybridized carbons (Fsp3) is 0.0571. The summed E-state index contributed by atoms with van der Waals surface area (Å²) in [5.41, 5.74) is 0.568. The van der Waals surface area contributed by atoms with Crippen molar-refractivity contribution in [2.75, 3.05) is 11.9 Å². The molecule has 5 aromatic rings. The molecule has 8 heteroatoms. The number of rotatable bonds is 9. The maximum absolute atomic E-state index is 14.4. The van der Waals surface area contributed by atoms with Crippen LogP contribution in [0.2, 0.25) is 0 Å². The second-order valence-corrected chi connectivity index (χ2v) is 14.4. The first-order valence-corrected chi connectivity index (χ1v) is 17.0. The smallest absolute Gasteiger partial charge is 0.343 e. The molecule has 0 spiro atoms. The molecule has 0 aliphatic carbocycles. The number of hydrogen-bond donors (Lipinski definition) is 1. The van der Waals surface area contributed by atoms with E-state index >= 15 is 0 Å². The lowest BCUT2D eigenvalue weighted by molar-refractivity contribution is -0.134. The van der Waals surface area contributed by atoms with Crippen LogP contribution in [0.3, 0.4) is 0 Å². The largest absolute Gasteiger partial charge is 0.462 e. The Morgan fingerprint density at radius 3 is 1.47 bits per heavy atom. The van der Waals surface area contributed by atoms with Crippen molar-refractivity contribution in [3.8, 4) is 0 Å². The molecule has 0 radical (unpaired) electrons. The summed E-state index contributed by atoms with van der Waals surface area (Å²) in [6.45, 7) is -1.32. The van der Waals surface area contributed by atoms with Gasteiger partial charge < -0.3 is 10.1 Å². The molecule has 0 heterocycles. The van der Waals surface area contributed by atoms with Crippen LogP contribution in [0.4, 0.5) is 5.69 Å². The molecule has 0 saturated heterocycles. The predicted octanol–water partition coefficient (Wildman–Crippen LogP) is 5.62. The number of para-hydroxylation sites is 1. The first-order valence-electron chi connectivity index (χ1n) is 13.8. The van der Waals surface area contributed by atoms with Crippen molar-refractivity contribution in [1.29, 1.82) is 0 Å². The fourth-order valence-electron chi connectivity index (χ4n) is 4.93. The lowest BCUT2D eigenvalue weighted by Crippen LogP contribution is -2.41. The van der Waals surface area contributed by atoms with Crippen LogP contribution < -0.4 is 21.2 Å². The van der Waals surface area contributed by atoms with Crippen LogP contribution in [-0.4, -0.2) is 32.1 Å². The third kappa shape index (κ3) is 6.38. The molecule has 0 unspecified atom stereocenters. The Labute approximate surface area is 252 Å². The highest BCUT2D eigenvalue weighted by Gasteiger charge is 2.37. The summed E-state index contributed by atoms with van der Waals surface area (Å²) in [7, 11) is -4.27. The monoisotopic (exact) mass is 606 g/mol. The van der Waals surface area contributed by atoms with Gasteiger partial charge in [-0.15, -0.1) is 4.40 Å². The van der Waals surface area contributed by atoms with E-state index in [1.54, 1.807) is 37.3 Å². The second-order valence-electron chi connectivity index (χ2n) is 9.47. The number of sulfonamides is 1. The van der Waals surface area contributed by atoms with Gasteiger partial charge in [-0.25, -0.2) is 4.79 Å². The zero-order chi connectivity index (χ0) is 30.1. The van der Waals surface area contributed by atoms with Crippen LogP contribution in [0.15, 0.2) is 161 Å². The van der Waals surface area contributed by atoms with Gasteiger partial charge in [-0.3, -0.25) is 0 Å². The maximum Gasteiger partial charge on any atom is 0.343 e. The second kappa shape index (κ2) is 13.5. The van der Waals surface area contributed by atoms with E-state index in [4.69, 9.17) is 4.74 Å². The molecule has 0 fully saturated rings. The summed E-state index contributed by atoms with van der Waals surface area (Å²) in [6.07, 6.45) is 0. The Morgan fingerprint density at radius 2 is 1.05 bits per heavy atom. The topological polar surface area (TPSA) is 84.8 Å². The minimum absolute atomic E-state index is 0.00800. The number of amidine groups is 1. The number of esters is 1. The Hall–Kier alpha value is -4.71. The maximum atomic E-state index is 14.4. The van der Waals surface area contributed by atoms with Gasteiger partial charge in [-0.2, -0.15) is 8.42 Å². The van der Waals surface area contributed by atoms with Crippen LogP contribution in [0.5, 0.6) is 0 Å². The highest BCUT2D eigenvalue weighted by molar-refractivity contribution is 7.98. The standard InChI is InChI=1S/C35H31N2O4PS/c1-2-41-35(38)33(34(36-28-18-8-3-9-19-28)37-43(39,40)32-26-16-7-17-27-32)42(29-20-10-4-11-21-29,30-22-12-5-13-23-30)31-24-14-6-15-25-31/h3-27H,2H2,1H3,(H,36,37). The molecule has 0 atom stereocenters. The van der Waals surface area contributed by atoms with Crippen LogP contribution >= 0.6 is 6.89 Å². The van der Waals surface area contributed by atoms with Crippen molar-refractivity contribution in [3.63, 3.8) is 0 Å². The molecule has 0 aliphatic rings. The van der Waals surface area contributed by atoms with E-state index < -0.39 is 22.9 Å². The summed E-state index contributed by atoms with van der Waals surface area (Å²) in [5, 5.41) is 5.89. The van der Waals surface area contributed by atoms with Crippen molar-refractivity contribution in [1.82, 2.24) is 0 Å². The van der Waals surface area contributed by atoms with Gasteiger partial charge in [-0.1, -0.05) is 127 Å². The zero-order valence-electron chi connectivity index (χ0n) is 23.6. The zero-order valence-corrected chi connectivity index (χ0v) is 25.3. The van der Waals surface area contributed by atoms with E-state index in [9.17, 15) is 13.2 Å². The molecule has 0 bridgehead atoms. The van der Waals surface area contributed by atoms with Gasteiger partial charge in [0.05, 0.1) is 11.5 Å². The lowest BCUT2D eigenvalue weighted by atomic mass is 10.3. The first-order chi connectivity index (χ1) is 21.0. The number of carbonyl (C=O) groups is 1. The highest BCUT2D eigenvalue weighted by atomic mass is 32.2. The van der Waals surface area contributed by atoms with Gasteiger partial charge >= 0.3 is 5.97 Å². The van der Waals surface area contributed by atoms with E-state index in [-0.39, 0.29) is 22.6 Å². The molecule has 0 amide bonds. The van der Waals surface area contributed by atoms with E-state index in [0.29, 0.717) is 5.69 Å². The molecule has 0 aliphatic heterocycles. The molecule has 6 nitrogen and oxygen atoms in total. The average molecular weight is 607 g/mol. The average Bonchev–Trinajstić information content (AvgIpc) is 3.05. The Kier molecular flexibility index (Phi) is 9.35. The van der Waals surface area contributed by atoms with E-state index in [1.165, 1.54) is 12.1 Å². The molecular formula is C35H31N2O4PS. The minimum atomic E-state index is -4.27. The molecule has 216 valence electrons. The third-order valence-corrected chi connectivity index (χ3v) is 12.3. The number of benzene rings is 5. The van der Waals surface area contributed by atoms with Crippen molar-refractivity contribution in [2.45, 2.75) is 11.8 Å². The number of nitrogens with zero attached hydrogens (tertiary/aromatic N) is 1. The molecule has 0 saturated carbocycles. The predicted molar refractivity (Wildman–Crippen MR) is 178 cm³/mol. The van der Waals surface area contributed by atoms with Gasteiger partial charge in [0.25, 0.3) is 10.0 Å². The normalized spacial score (nSPS) is 11.9. The van der Waals surface area contributed by atoms with Gasteiger partial charge in [0.2, 0.25) is 0 Å². The summed E-state index contributed by atoms with van der Waals surface area (Å²) in [5.74, 6) is -0.753. The number of carbonyl (C=O) groups excluding carboxylic acids is 1. The van der Waals surface area contributed by atoms with Crippen molar-refractivity contribution in [3.05, 3.63) is 152 Å². The minimum Gasteiger partial charge on any atom is -0.462 e. The van der Waals surface area contributed by atoms with Gasteiger partial charge in [-0.05, 0) is 54.0 Å². The fourth-order valence-corrected chi connectivity index (χ4v) is 10.3. The molecule has 5 aromatic carbocycles.